The molecule has 1 aliphatic heterocycles. The number of rotatable bonds is 5. The fraction of sp³-hybridized carbons (Fsp3) is 0.700. The Bertz CT molecular complexity index is 278. The van der Waals surface area contributed by atoms with Gasteiger partial charge >= 0.3 is 13.6 Å². The Balaban J connectivity index is 2.45. The lowest BCUT2D eigenvalue weighted by molar-refractivity contribution is 0.0480. The summed E-state index contributed by atoms with van der Waals surface area (Å²) in [5.74, 6) is 0. The van der Waals surface area contributed by atoms with Crippen molar-refractivity contribution in [3.63, 3.8) is 0 Å². The molecular formula is C10H17BNO4. The van der Waals surface area contributed by atoms with E-state index in [-0.39, 0.29) is 0 Å². The van der Waals surface area contributed by atoms with Crippen molar-refractivity contribution in [2.75, 3.05) is 19.6 Å². The first-order chi connectivity index (χ1) is 7.44. The fourth-order valence-corrected chi connectivity index (χ4v) is 1.79. The Kier molecular flexibility index (Phi) is 4.52. The first-order valence-electron chi connectivity index (χ1n) is 5.27. The van der Waals surface area contributed by atoms with Gasteiger partial charge in [-0.15, -0.1) is 0 Å². The average molecular weight is 226 g/mol. The summed E-state index contributed by atoms with van der Waals surface area (Å²) in [6.07, 6.45) is 2.42. The third kappa shape index (κ3) is 3.96. The van der Waals surface area contributed by atoms with Gasteiger partial charge in [-0.05, 0) is 25.7 Å². The maximum Gasteiger partial charge on any atom is 0.483 e. The Morgan fingerprint density at radius 2 is 2.31 bits per heavy atom. The number of hydrogen-bond donors (Lipinski definition) is 2. The summed E-state index contributed by atoms with van der Waals surface area (Å²) in [6.45, 7) is 7.06. The molecule has 1 aliphatic rings. The van der Waals surface area contributed by atoms with Crippen LogP contribution in [0, 0.1) is 0 Å². The lowest BCUT2D eigenvalue weighted by Gasteiger charge is -2.32. The molecule has 0 spiro atoms. The second kappa shape index (κ2) is 5.47. The molecule has 1 radical (unpaired) electrons. The SMILES string of the molecule is CC(C)(CN1CC=C(B(O)O)CC1)O[C]=O. The van der Waals surface area contributed by atoms with Gasteiger partial charge in [-0.1, -0.05) is 6.08 Å². The Hall–Kier alpha value is -0.845. The summed E-state index contributed by atoms with van der Waals surface area (Å²) in [5, 5.41) is 17.9. The number of nitrogens with zero attached hydrogens (tertiary/aromatic N) is 1. The van der Waals surface area contributed by atoms with Crippen LogP contribution in [0.15, 0.2) is 11.5 Å². The predicted molar refractivity (Wildman–Crippen MR) is 60.2 cm³/mol. The zero-order valence-electron chi connectivity index (χ0n) is 9.64. The Morgan fingerprint density at radius 1 is 1.62 bits per heavy atom. The van der Waals surface area contributed by atoms with Crippen molar-refractivity contribution in [3.8, 4) is 0 Å². The van der Waals surface area contributed by atoms with Crippen molar-refractivity contribution in [1.82, 2.24) is 4.90 Å². The Labute approximate surface area is 95.8 Å². The molecule has 0 aromatic rings. The van der Waals surface area contributed by atoms with E-state index in [2.05, 4.69) is 4.90 Å². The molecule has 0 aliphatic carbocycles. The van der Waals surface area contributed by atoms with Gasteiger partial charge in [-0.3, -0.25) is 4.90 Å². The monoisotopic (exact) mass is 226 g/mol. The van der Waals surface area contributed by atoms with Crippen LogP contribution >= 0.6 is 0 Å². The van der Waals surface area contributed by atoms with E-state index in [1.54, 1.807) is 6.08 Å². The number of hydrogen-bond acceptors (Lipinski definition) is 5. The summed E-state index contributed by atoms with van der Waals surface area (Å²) >= 11 is 0. The topological polar surface area (TPSA) is 70.0 Å². The van der Waals surface area contributed by atoms with Crippen molar-refractivity contribution >= 4 is 13.6 Å². The van der Waals surface area contributed by atoms with Crippen molar-refractivity contribution in [2.45, 2.75) is 25.9 Å². The molecule has 2 N–H and O–H groups in total. The van der Waals surface area contributed by atoms with Crippen LogP contribution in [0.4, 0.5) is 0 Å². The number of carbonyl (C=O) groups excluding carboxylic acids is 1. The molecule has 0 fully saturated rings. The standard InChI is InChI=1S/C10H17BNO4/c1-10(2,16-8-13)7-12-5-3-9(4-6-12)11(14)15/h3,14-15H,4-7H2,1-2H3. The molecule has 0 bridgehead atoms. The minimum atomic E-state index is -1.35. The van der Waals surface area contributed by atoms with E-state index in [0.717, 1.165) is 6.54 Å². The summed E-state index contributed by atoms with van der Waals surface area (Å²) < 4.78 is 4.84. The average Bonchev–Trinajstić information content (AvgIpc) is 2.17. The van der Waals surface area contributed by atoms with E-state index in [1.807, 2.05) is 13.8 Å². The molecule has 0 amide bonds. The first kappa shape index (κ1) is 13.2. The lowest BCUT2D eigenvalue weighted by atomic mass is 9.76. The van der Waals surface area contributed by atoms with Gasteiger partial charge in [0.15, 0.2) is 0 Å². The van der Waals surface area contributed by atoms with Crippen LogP contribution < -0.4 is 0 Å². The highest BCUT2D eigenvalue weighted by Crippen LogP contribution is 2.16. The molecule has 0 saturated carbocycles. The maximum absolute atomic E-state index is 10.2. The van der Waals surface area contributed by atoms with Crippen molar-refractivity contribution in [1.29, 1.82) is 0 Å². The second-order valence-corrected chi connectivity index (χ2v) is 4.58. The smallest absolute Gasteiger partial charge is 0.450 e. The maximum atomic E-state index is 10.2. The number of ether oxygens (including phenoxy) is 1. The highest BCUT2D eigenvalue weighted by molar-refractivity contribution is 6.50. The van der Waals surface area contributed by atoms with Gasteiger partial charge in [0.25, 0.3) is 0 Å². The van der Waals surface area contributed by atoms with Crippen LogP contribution in [0.25, 0.3) is 0 Å². The second-order valence-electron chi connectivity index (χ2n) is 4.58. The van der Waals surface area contributed by atoms with Crippen molar-refractivity contribution < 1.29 is 19.6 Å². The summed E-state index contributed by atoms with van der Waals surface area (Å²) in [7, 11) is -1.35. The third-order valence-corrected chi connectivity index (χ3v) is 2.58. The molecule has 1 rings (SSSR count). The quantitative estimate of drug-likeness (QED) is 0.618. The molecule has 6 heteroatoms. The van der Waals surface area contributed by atoms with Crippen LogP contribution in [0.3, 0.4) is 0 Å². The summed E-state index contributed by atoms with van der Waals surface area (Å²) in [4.78, 5) is 12.2. The lowest BCUT2D eigenvalue weighted by Crippen LogP contribution is -2.43. The van der Waals surface area contributed by atoms with Crippen LogP contribution in [0.1, 0.15) is 20.3 Å². The van der Waals surface area contributed by atoms with Crippen LogP contribution in [0.5, 0.6) is 0 Å². The highest BCUT2D eigenvalue weighted by Gasteiger charge is 2.26. The van der Waals surface area contributed by atoms with Gasteiger partial charge in [0.1, 0.15) is 5.60 Å². The van der Waals surface area contributed by atoms with Crippen LogP contribution in [-0.4, -0.2) is 53.8 Å². The van der Waals surface area contributed by atoms with E-state index in [4.69, 9.17) is 14.8 Å². The summed E-state index contributed by atoms with van der Waals surface area (Å²) in [6, 6.07) is 0. The van der Waals surface area contributed by atoms with Gasteiger partial charge in [0, 0.05) is 19.6 Å². The molecule has 0 aromatic heterocycles. The molecular weight excluding hydrogens is 209 g/mol. The van der Waals surface area contributed by atoms with Crippen LogP contribution in [-0.2, 0) is 9.53 Å². The van der Waals surface area contributed by atoms with Crippen molar-refractivity contribution in [3.05, 3.63) is 11.5 Å². The third-order valence-electron chi connectivity index (χ3n) is 2.58. The zero-order valence-corrected chi connectivity index (χ0v) is 9.64. The molecule has 1 heterocycles. The molecule has 5 nitrogen and oxygen atoms in total. The van der Waals surface area contributed by atoms with E-state index in [0.29, 0.717) is 25.0 Å². The van der Waals surface area contributed by atoms with Gasteiger partial charge in [-0.2, -0.15) is 0 Å². The minimum Gasteiger partial charge on any atom is -0.450 e. The van der Waals surface area contributed by atoms with E-state index in [9.17, 15) is 4.79 Å². The van der Waals surface area contributed by atoms with E-state index < -0.39 is 12.7 Å². The Morgan fingerprint density at radius 3 is 2.75 bits per heavy atom. The van der Waals surface area contributed by atoms with Gasteiger partial charge in [-0.25, -0.2) is 4.79 Å². The molecule has 89 valence electrons. The van der Waals surface area contributed by atoms with Gasteiger partial charge < -0.3 is 14.8 Å². The summed E-state index contributed by atoms with van der Waals surface area (Å²) in [5.41, 5.74) is 0.0854. The molecule has 0 saturated heterocycles. The molecule has 0 aromatic carbocycles. The van der Waals surface area contributed by atoms with Gasteiger partial charge in [0.2, 0.25) is 0 Å². The fourth-order valence-electron chi connectivity index (χ4n) is 1.79. The molecule has 16 heavy (non-hydrogen) atoms. The van der Waals surface area contributed by atoms with Crippen molar-refractivity contribution in [2.24, 2.45) is 0 Å². The van der Waals surface area contributed by atoms with E-state index >= 15 is 0 Å². The molecule has 0 atom stereocenters. The zero-order chi connectivity index (χ0) is 12.2. The largest absolute Gasteiger partial charge is 0.483 e. The predicted octanol–water partition coefficient (Wildman–Crippen LogP) is -0.507. The van der Waals surface area contributed by atoms with Crippen LogP contribution in [0.2, 0.25) is 0 Å². The minimum absolute atomic E-state index is 0.565. The van der Waals surface area contributed by atoms with Gasteiger partial charge in [0.05, 0.1) is 0 Å². The normalized spacial score (nSPS) is 17.9. The highest BCUT2D eigenvalue weighted by atomic mass is 16.5. The molecule has 0 unspecified atom stereocenters. The van der Waals surface area contributed by atoms with E-state index in [1.165, 1.54) is 6.47 Å². The first-order valence-corrected chi connectivity index (χ1v) is 5.27.